The Bertz CT molecular complexity index is 1090. The molecule has 0 unspecified atom stereocenters. The zero-order valence-corrected chi connectivity index (χ0v) is 16.7. The van der Waals surface area contributed by atoms with E-state index >= 15 is 0 Å². The number of fused-ring (bicyclic) bond motifs is 3. The summed E-state index contributed by atoms with van der Waals surface area (Å²) in [6.07, 6.45) is 3.24. The zero-order chi connectivity index (χ0) is 19.8. The van der Waals surface area contributed by atoms with E-state index in [1.165, 1.54) is 0 Å². The molecule has 0 radical (unpaired) electrons. The molecule has 3 aromatic rings. The summed E-state index contributed by atoms with van der Waals surface area (Å²) < 4.78 is 33.2. The average molecular weight is 392 g/mol. The van der Waals surface area contributed by atoms with Crippen LogP contribution in [0, 0.1) is 0 Å². The Hall–Kier alpha value is -2.30. The van der Waals surface area contributed by atoms with Gasteiger partial charge in [0, 0.05) is 25.3 Å². The Balaban J connectivity index is 2.24. The lowest BCUT2D eigenvalue weighted by Crippen LogP contribution is -2.45. The fraction of sp³-hybridized carbons (Fsp3) is 0.471. The number of nitrogens with one attached hydrogen (secondary N) is 1. The molecule has 0 saturated carbocycles. The predicted octanol–water partition coefficient (Wildman–Crippen LogP) is 1.08. The molecular weight excluding hydrogens is 368 g/mol. The van der Waals surface area contributed by atoms with Crippen LogP contribution in [0.4, 0.5) is 5.82 Å². The van der Waals surface area contributed by atoms with E-state index in [1.54, 1.807) is 24.1 Å². The number of ether oxygens (including phenoxy) is 1. The van der Waals surface area contributed by atoms with Crippen molar-refractivity contribution in [3.8, 4) is 0 Å². The van der Waals surface area contributed by atoms with Crippen molar-refractivity contribution in [2.45, 2.75) is 32.4 Å². The summed E-state index contributed by atoms with van der Waals surface area (Å²) in [6.45, 7) is 4.62. The number of hydrogen-bond donors (Lipinski definition) is 2. The highest BCUT2D eigenvalue weighted by atomic mass is 32.2. The first kappa shape index (κ1) is 19.5. The molecule has 27 heavy (non-hydrogen) atoms. The van der Waals surface area contributed by atoms with Gasteiger partial charge in [0.1, 0.15) is 11.0 Å². The lowest BCUT2D eigenvalue weighted by molar-refractivity contribution is 0.182. The zero-order valence-electron chi connectivity index (χ0n) is 15.9. The number of pyridine rings is 2. The molecule has 3 rings (SSSR count). The van der Waals surface area contributed by atoms with Crippen LogP contribution in [-0.4, -0.2) is 53.7 Å². The van der Waals surface area contributed by atoms with E-state index in [4.69, 9.17) is 10.5 Å². The minimum atomic E-state index is -3.38. The van der Waals surface area contributed by atoms with E-state index in [2.05, 4.69) is 19.8 Å². The molecule has 0 aliphatic rings. The third kappa shape index (κ3) is 4.18. The third-order valence-electron chi connectivity index (χ3n) is 4.14. The Morgan fingerprint density at radius 3 is 2.74 bits per heavy atom. The van der Waals surface area contributed by atoms with Crippen LogP contribution in [0.15, 0.2) is 18.3 Å². The van der Waals surface area contributed by atoms with Crippen LogP contribution < -0.4 is 10.5 Å². The molecule has 10 heteroatoms. The van der Waals surface area contributed by atoms with Gasteiger partial charge in [-0.15, -0.1) is 0 Å². The van der Waals surface area contributed by atoms with Gasteiger partial charge in [0.15, 0.2) is 5.82 Å². The summed E-state index contributed by atoms with van der Waals surface area (Å²) in [5.41, 5.74) is 8.16. The van der Waals surface area contributed by atoms with Crippen LogP contribution in [0.25, 0.3) is 21.9 Å². The van der Waals surface area contributed by atoms with Crippen molar-refractivity contribution in [1.29, 1.82) is 0 Å². The second-order valence-electron chi connectivity index (χ2n) is 7.19. The summed E-state index contributed by atoms with van der Waals surface area (Å²) in [5, 5.41) is 5.40. The molecule has 3 aromatic heterocycles. The van der Waals surface area contributed by atoms with Crippen molar-refractivity contribution in [3.63, 3.8) is 0 Å². The molecule has 3 heterocycles. The first-order valence-corrected chi connectivity index (χ1v) is 10.4. The van der Waals surface area contributed by atoms with Crippen molar-refractivity contribution in [2.24, 2.45) is 0 Å². The van der Waals surface area contributed by atoms with Crippen molar-refractivity contribution < 1.29 is 13.2 Å². The summed E-state index contributed by atoms with van der Waals surface area (Å²) in [5.74, 6) is 0.316. The van der Waals surface area contributed by atoms with E-state index in [1.807, 2.05) is 19.9 Å². The summed E-state index contributed by atoms with van der Waals surface area (Å²) >= 11 is 0. The number of methoxy groups -OCH3 is 1. The number of sulfonamides is 1. The van der Waals surface area contributed by atoms with E-state index < -0.39 is 15.6 Å². The Labute approximate surface area is 158 Å². The molecule has 3 N–H and O–H groups in total. The first-order chi connectivity index (χ1) is 12.6. The fourth-order valence-electron chi connectivity index (χ4n) is 3.29. The molecule has 0 bridgehead atoms. The number of rotatable bonds is 7. The quantitative estimate of drug-likeness (QED) is 0.616. The topological polar surface area (TPSA) is 125 Å². The SMILES string of the molecule is COCCn1nc2c(N)nc3cccnc3c2c1CC(C)(C)NS(C)(=O)=O. The Morgan fingerprint density at radius 2 is 2.07 bits per heavy atom. The summed E-state index contributed by atoms with van der Waals surface area (Å²) in [7, 11) is -1.76. The minimum absolute atomic E-state index is 0.316. The molecule has 0 aliphatic heterocycles. The molecule has 146 valence electrons. The maximum atomic E-state index is 11.8. The number of aromatic nitrogens is 4. The van der Waals surface area contributed by atoms with Crippen molar-refractivity contribution in [1.82, 2.24) is 24.5 Å². The lowest BCUT2D eigenvalue weighted by atomic mass is 9.97. The number of nitrogens with zero attached hydrogens (tertiary/aromatic N) is 4. The van der Waals surface area contributed by atoms with E-state index in [-0.39, 0.29) is 0 Å². The summed E-state index contributed by atoms with van der Waals surface area (Å²) in [4.78, 5) is 8.86. The number of nitrogens with two attached hydrogens (primary N) is 1. The molecule has 0 aromatic carbocycles. The maximum Gasteiger partial charge on any atom is 0.209 e. The molecular formula is C17H24N6O3S. The van der Waals surface area contributed by atoms with Gasteiger partial charge in [0.2, 0.25) is 10.0 Å². The highest BCUT2D eigenvalue weighted by molar-refractivity contribution is 7.88. The maximum absolute atomic E-state index is 11.8. The van der Waals surface area contributed by atoms with Gasteiger partial charge < -0.3 is 10.5 Å². The van der Waals surface area contributed by atoms with Gasteiger partial charge in [0.25, 0.3) is 0 Å². The van der Waals surface area contributed by atoms with E-state index in [0.29, 0.717) is 41.9 Å². The highest BCUT2D eigenvalue weighted by Crippen LogP contribution is 2.31. The van der Waals surface area contributed by atoms with Crippen LogP contribution >= 0.6 is 0 Å². The van der Waals surface area contributed by atoms with Crippen molar-refractivity contribution in [3.05, 3.63) is 24.0 Å². The standard InChI is InChI=1S/C17H24N6O3S/c1-17(2,22-27(4,24)25)10-12-13-14-11(6-5-7-19-14)20-16(18)15(13)21-23(12)8-9-26-3/h5-7,22H,8-10H2,1-4H3,(H2,18,20). The third-order valence-corrected chi connectivity index (χ3v) is 5.07. The van der Waals surface area contributed by atoms with Crippen LogP contribution in [0.3, 0.4) is 0 Å². The predicted molar refractivity (Wildman–Crippen MR) is 105 cm³/mol. The van der Waals surface area contributed by atoms with Crippen molar-refractivity contribution >= 4 is 37.8 Å². The lowest BCUT2D eigenvalue weighted by Gasteiger charge is -2.25. The minimum Gasteiger partial charge on any atom is -0.383 e. The van der Waals surface area contributed by atoms with Crippen LogP contribution in [-0.2, 0) is 27.7 Å². The molecule has 0 atom stereocenters. The van der Waals surface area contributed by atoms with Gasteiger partial charge in [0.05, 0.1) is 36.0 Å². The van der Waals surface area contributed by atoms with E-state index in [0.717, 1.165) is 17.3 Å². The fourth-order valence-corrected chi connectivity index (χ4v) is 4.36. The van der Waals surface area contributed by atoms with Gasteiger partial charge >= 0.3 is 0 Å². The Morgan fingerprint density at radius 1 is 1.33 bits per heavy atom. The number of anilines is 1. The normalized spacial score (nSPS) is 12.9. The number of hydrogen-bond acceptors (Lipinski definition) is 7. The van der Waals surface area contributed by atoms with Gasteiger partial charge in [-0.25, -0.2) is 18.1 Å². The largest absolute Gasteiger partial charge is 0.383 e. The second kappa shape index (κ2) is 7.02. The molecule has 0 amide bonds. The van der Waals surface area contributed by atoms with Gasteiger partial charge in [-0.3, -0.25) is 9.67 Å². The van der Waals surface area contributed by atoms with Crippen LogP contribution in [0.2, 0.25) is 0 Å². The van der Waals surface area contributed by atoms with Gasteiger partial charge in [-0.1, -0.05) is 0 Å². The molecule has 9 nitrogen and oxygen atoms in total. The monoisotopic (exact) mass is 392 g/mol. The Kier molecular flexibility index (Phi) is 5.06. The molecule has 0 saturated heterocycles. The molecule has 0 spiro atoms. The molecule has 0 fully saturated rings. The van der Waals surface area contributed by atoms with Crippen molar-refractivity contribution in [2.75, 3.05) is 25.7 Å². The van der Waals surface area contributed by atoms with Gasteiger partial charge in [-0.05, 0) is 26.0 Å². The summed E-state index contributed by atoms with van der Waals surface area (Å²) in [6, 6.07) is 3.64. The smallest absolute Gasteiger partial charge is 0.209 e. The van der Waals surface area contributed by atoms with Gasteiger partial charge in [-0.2, -0.15) is 5.10 Å². The first-order valence-electron chi connectivity index (χ1n) is 8.49. The second-order valence-corrected chi connectivity index (χ2v) is 8.94. The molecule has 0 aliphatic carbocycles. The van der Waals surface area contributed by atoms with Crippen LogP contribution in [0.5, 0.6) is 0 Å². The number of nitrogen functional groups attached to an aromatic ring is 1. The highest BCUT2D eigenvalue weighted by Gasteiger charge is 2.28. The van der Waals surface area contributed by atoms with Crippen LogP contribution in [0.1, 0.15) is 19.5 Å². The average Bonchev–Trinajstić information content (AvgIpc) is 2.89. The van der Waals surface area contributed by atoms with E-state index in [9.17, 15) is 8.42 Å².